The van der Waals surface area contributed by atoms with Crippen LogP contribution in [-0.4, -0.2) is 41.6 Å². The molecule has 1 N–H and O–H groups in total. The number of carbonyl (C=O) groups is 1. The summed E-state index contributed by atoms with van der Waals surface area (Å²) in [5.41, 5.74) is 2.41. The second-order valence-electron chi connectivity index (χ2n) is 6.98. The fourth-order valence-corrected chi connectivity index (χ4v) is 5.51. The third-order valence-corrected chi connectivity index (χ3v) is 7.46. The molecule has 1 amide bonds. The maximum absolute atomic E-state index is 13.3. The first-order valence-electron chi connectivity index (χ1n) is 9.77. The molecule has 2 aromatic rings. The molecule has 0 bridgehead atoms. The van der Waals surface area contributed by atoms with Gasteiger partial charge in [0.2, 0.25) is 0 Å². The lowest BCUT2D eigenvalue weighted by atomic mass is 10.0. The third-order valence-electron chi connectivity index (χ3n) is 5.17. The van der Waals surface area contributed by atoms with E-state index in [0.717, 1.165) is 5.56 Å². The molecule has 9 heteroatoms. The molecule has 3 rings (SSSR count). The first-order chi connectivity index (χ1) is 14.7. The van der Waals surface area contributed by atoms with Crippen LogP contribution in [0.1, 0.15) is 25.0 Å². The number of rotatable bonds is 7. The van der Waals surface area contributed by atoms with Crippen LogP contribution in [-0.2, 0) is 21.2 Å². The van der Waals surface area contributed by atoms with Gasteiger partial charge in [0.15, 0.2) is 16.4 Å². The number of ether oxygens (including phenoxy) is 2. The van der Waals surface area contributed by atoms with Crippen molar-refractivity contribution >= 4 is 38.8 Å². The molecular formula is C22H25ClN2O5S. The monoisotopic (exact) mass is 464 g/mol. The molecule has 1 aliphatic heterocycles. The van der Waals surface area contributed by atoms with Crippen LogP contribution in [0.3, 0.4) is 0 Å². The van der Waals surface area contributed by atoms with Crippen LogP contribution in [0, 0.1) is 0 Å². The lowest BCUT2D eigenvalue weighted by Crippen LogP contribution is -2.41. The van der Waals surface area contributed by atoms with Gasteiger partial charge in [0, 0.05) is 29.7 Å². The van der Waals surface area contributed by atoms with Crippen LogP contribution in [0.2, 0.25) is 5.02 Å². The molecule has 0 aliphatic carbocycles. The zero-order valence-electron chi connectivity index (χ0n) is 17.9. The van der Waals surface area contributed by atoms with Gasteiger partial charge < -0.3 is 14.8 Å². The summed E-state index contributed by atoms with van der Waals surface area (Å²) in [6.07, 6.45) is 0.550. The molecular weight excluding hydrogens is 440 g/mol. The Balaban J connectivity index is 1.95. The fourth-order valence-electron chi connectivity index (χ4n) is 3.61. The summed E-state index contributed by atoms with van der Waals surface area (Å²) in [4.78, 5) is 12.7. The smallest absolute Gasteiger partial charge is 0.270 e. The number of benzene rings is 2. The average molecular weight is 465 g/mol. The van der Waals surface area contributed by atoms with Gasteiger partial charge in [-0.3, -0.25) is 9.10 Å². The minimum absolute atomic E-state index is 0.166. The number of carbonyl (C=O) groups excluding carboxylic acids is 1. The number of fused-ring (bicyclic) bond motifs is 1. The summed E-state index contributed by atoms with van der Waals surface area (Å²) in [6, 6.07) is 10.6. The van der Waals surface area contributed by atoms with E-state index in [1.165, 1.54) is 18.5 Å². The van der Waals surface area contributed by atoms with E-state index in [4.69, 9.17) is 21.1 Å². The lowest BCUT2D eigenvalue weighted by molar-refractivity contribution is -0.116. The van der Waals surface area contributed by atoms with E-state index >= 15 is 0 Å². The third kappa shape index (κ3) is 4.36. The van der Waals surface area contributed by atoms with Crippen LogP contribution in [0.5, 0.6) is 11.5 Å². The standard InChI is InChI=1S/C22H25ClN2O5S/c1-5-25-18-13-20(30-4)19(29-3)12-17(18)14(2)21(31(25,27)28)22(26)24-11-10-15-6-8-16(23)9-7-15/h6-9,12-13H,5,10-11H2,1-4H3,(H,24,26). The minimum atomic E-state index is -4.03. The summed E-state index contributed by atoms with van der Waals surface area (Å²) in [6.45, 7) is 3.80. The predicted molar refractivity (Wildman–Crippen MR) is 122 cm³/mol. The quantitative estimate of drug-likeness (QED) is 0.676. The largest absolute Gasteiger partial charge is 0.493 e. The first-order valence-corrected chi connectivity index (χ1v) is 11.6. The molecule has 1 aliphatic rings. The molecule has 0 saturated carbocycles. The van der Waals surface area contributed by atoms with Crippen molar-refractivity contribution < 1.29 is 22.7 Å². The van der Waals surface area contributed by atoms with Crippen LogP contribution < -0.4 is 19.1 Å². The van der Waals surface area contributed by atoms with Gasteiger partial charge in [-0.25, -0.2) is 8.42 Å². The number of amides is 1. The summed E-state index contributed by atoms with van der Waals surface area (Å²) in [7, 11) is -1.04. The number of nitrogens with zero attached hydrogens (tertiary/aromatic N) is 1. The molecule has 0 atom stereocenters. The number of halogens is 1. The Morgan fingerprint density at radius 2 is 1.71 bits per heavy atom. The molecule has 2 aromatic carbocycles. The Labute approximate surface area is 187 Å². The van der Waals surface area contributed by atoms with Gasteiger partial charge in [0.05, 0.1) is 19.9 Å². The Kier molecular flexibility index (Phi) is 6.81. The van der Waals surface area contributed by atoms with E-state index in [1.54, 1.807) is 38.1 Å². The van der Waals surface area contributed by atoms with Crippen LogP contribution in [0.25, 0.3) is 5.57 Å². The van der Waals surface area contributed by atoms with Crippen molar-refractivity contribution in [1.29, 1.82) is 0 Å². The molecule has 0 saturated heterocycles. The Morgan fingerprint density at radius 3 is 2.29 bits per heavy atom. The maximum Gasteiger partial charge on any atom is 0.270 e. The van der Waals surface area contributed by atoms with Gasteiger partial charge >= 0.3 is 0 Å². The van der Waals surface area contributed by atoms with Crippen molar-refractivity contribution in [1.82, 2.24) is 5.32 Å². The van der Waals surface area contributed by atoms with Gasteiger partial charge in [0.25, 0.3) is 15.9 Å². The summed E-state index contributed by atoms with van der Waals surface area (Å²) in [5.74, 6) is 0.238. The Morgan fingerprint density at radius 1 is 1.10 bits per heavy atom. The van der Waals surface area contributed by atoms with E-state index in [9.17, 15) is 13.2 Å². The van der Waals surface area contributed by atoms with Crippen LogP contribution in [0.15, 0.2) is 41.3 Å². The van der Waals surface area contributed by atoms with E-state index in [1.807, 2.05) is 12.1 Å². The molecule has 7 nitrogen and oxygen atoms in total. The van der Waals surface area contributed by atoms with Crippen molar-refractivity contribution in [3.63, 3.8) is 0 Å². The van der Waals surface area contributed by atoms with E-state index < -0.39 is 15.9 Å². The fraction of sp³-hybridized carbons (Fsp3) is 0.318. The molecule has 166 valence electrons. The van der Waals surface area contributed by atoms with Crippen LogP contribution >= 0.6 is 11.6 Å². The van der Waals surface area contributed by atoms with E-state index in [-0.39, 0.29) is 18.0 Å². The number of methoxy groups -OCH3 is 2. The van der Waals surface area contributed by atoms with Gasteiger partial charge in [-0.1, -0.05) is 23.7 Å². The number of sulfonamides is 1. The van der Waals surface area contributed by atoms with Crippen molar-refractivity contribution in [2.45, 2.75) is 20.3 Å². The van der Waals surface area contributed by atoms with E-state index in [0.29, 0.717) is 39.8 Å². The second kappa shape index (κ2) is 9.20. The van der Waals surface area contributed by atoms with Crippen LogP contribution in [0.4, 0.5) is 5.69 Å². The zero-order chi connectivity index (χ0) is 22.8. The minimum Gasteiger partial charge on any atom is -0.493 e. The van der Waals surface area contributed by atoms with Crippen molar-refractivity contribution in [2.75, 3.05) is 31.6 Å². The van der Waals surface area contributed by atoms with Crippen molar-refractivity contribution in [3.8, 4) is 11.5 Å². The highest BCUT2D eigenvalue weighted by Crippen LogP contribution is 2.44. The molecule has 0 spiro atoms. The summed E-state index contributed by atoms with van der Waals surface area (Å²) >= 11 is 5.89. The summed E-state index contributed by atoms with van der Waals surface area (Å²) < 4.78 is 38.5. The lowest BCUT2D eigenvalue weighted by Gasteiger charge is -2.32. The Bertz CT molecular complexity index is 1130. The SMILES string of the molecule is CCN1c2cc(OC)c(OC)cc2C(C)=C(C(=O)NCCc2ccc(Cl)cc2)S1(=O)=O. The number of anilines is 1. The number of allylic oxidation sites excluding steroid dienone is 1. The molecule has 0 aromatic heterocycles. The number of hydrogen-bond donors (Lipinski definition) is 1. The first kappa shape index (κ1) is 23.0. The summed E-state index contributed by atoms with van der Waals surface area (Å²) in [5, 5.41) is 3.37. The van der Waals surface area contributed by atoms with Crippen molar-refractivity contribution in [3.05, 3.63) is 57.5 Å². The Hall–Kier alpha value is -2.71. The molecule has 31 heavy (non-hydrogen) atoms. The number of nitrogens with one attached hydrogen (secondary N) is 1. The average Bonchev–Trinajstić information content (AvgIpc) is 2.74. The highest BCUT2D eigenvalue weighted by molar-refractivity contribution is 7.97. The predicted octanol–water partition coefficient (Wildman–Crippen LogP) is 3.62. The highest BCUT2D eigenvalue weighted by atomic mass is 35.5. The number of hydrogen-bond acceptors (Lipinski definition) is 5. The van der Waals surface area contributed by atoms with Gasteiger partial charge in [-0.05, 0) is 49.6 Å². The van der Waals surface area contributed by atoms with Gasteiger partial charge in [-0.15, -0.1) is 0 Å². The van der Waals surface area contributed by atoms with E-state index in [2.05, 4.69) is 5.32 Å². The molecule has 0 fully saturated rings. The maximum atomic E-state index is 13.3. The second-order valence-corrected chi connectivity index (χ2v) is 9.22. The van der Waals surface area contributed by atoms with Gasteiger partial charge in [-0.2, -0.15) is 0 Å². The zero-order valence-corrected chi connectivity index (χ0v) is 19.4. The molecule has 0 unspecified atom stereocenters. The molecule has 0 radical (unpaired) electrons. The molecule has 1 heterocycles. The van der Waals surface area contributed by atoms with Gasteiger partial charge in [0.1, 0.15) is 0 Å². The van der Waals surface area contributed by atoms with Crippen molar-refractivity contribution in [2.24, 2.45) is 0 Å². The normalized spacial score (nSPS) is 14.8. The topological polar surface area (TPSA) is 84.9 Å². The highest BCUT2D eigenvalue weighted by Gasteiger charge is 2.39.